The van der Waals surface area contributed by atoms with Crippen LogP contribution in [-0.4, -0.2) is 40.4 Å². The minimum Gasteiger partial charge on any atom is -0.367 e. The van der Waals surface area contributed by atoms with Crippen molar-refractivity contribution in [1.82, 2.24) is 10.2 Å². The lowest BCUT2D eigenvalue weighted by atomic mass is 9.86. The second-order valence-electron chi connectivity index (χ2n) is 5.47. The number of benzene rings is 1. The summed E-state index contributed by atoms with van der Waals surface area (Å²) in [5, 5.41) is 2.06. The fourth-order valence-electron chi connectivity index (χ4n) is 3.00. The molecule has 0 aliphatic carbocycles. The van der Waals surface area contributed by atoms with Gasteiger partial charge in [0.1, 0.15) is 0 Å². The van der Waals surface area contributed by atoms with Crippen molar-refractivity contribution in [2.45, 2.75) is 24.9 Å². The fourth-order valence-corrected chi connectivity index (χ4v) is 3.00. The average Bonchev–Trinajstić information content (AvgIpc) is 2.84. The molecule has 0 spiro atoms. The molecular weight excluding hydrogens is 302 g/mol. The van der Waals surface area contributed by atoms with Crippen molar-refractivity contribution >= 4 is 29.9 Å². The number of piperidine rings is 1. The quantitative estimate of drug-likeness (QED) is 0.533. The number of amides is 4. The molecule has 8 nitrogen and oxygen atoms in total. The maximum Gasteiger partial charge on any atom is 0.262 e. The van der Waals surface area contributed by atoms with E-state index in [-0.39, 0.29) is 30.5 Å². The third-order valence-electron chi connectivity index (χ3n) is 4.24. The minimum absolute atomic E-state index is 0.00213. The van der Waals surface area contributed by atoms with Crippen LogP contribution in [0.4, 0.5) is 0 Å². The van der Waals surface area contributed by atoms with E-state index in [1.54, 1.807) is 12.4 Å². The summed E-state index contributed by atoms with van der Waals surface area (Å²) >= 11 is 0. The van der Waals surface area contributed by atoms with Crippen molar-refractivity contribution in [2.24, 2.45) is 5.73 Å². The lowest BCUT2D eigenvalue weighted by Crippen LogP contribution is -2.69. The zero-order valence-electron chi connectivity index (χ0n) is 11.9. The number of carbonyl (C=O) groups is 4. The first-order valence-corrected chi connectivity index (χ1v) is 6.87. The summed E-state index contributed by atoms with van der Waals surface area (Å²) in [4.78, 5) is 60.1. The molecule has 1 fully saturated rings. The molecule has 3 rings (SSSR count). The van der Waals surface area contributed by atoms with Crippen LogP contribution < -0.4 is 11.1 Å². The van der Waals surface area contributed by atoms with Crippen molar-refractivity contribution in [1.29, 1.82) is 0 Å². The van der Waals surface area contributed by atoms with Gasteiger partial charge in [-0.3, -0.25) is 29.3 Å². The van der Waals surface area contributed by atoms with Crippen molar-refractivity contribution in [3.8, 4) is 0 Å². The van der Waals surface area contributed by atoms with Gasteiger partial charge in [-0.2, -0.15) is 0 Å². The number of carbonyl (C=O) groups excluding carboxylic acids is 5. The molecule has 1 radical (unpaired) electrons. The summed E-state index contributed by atoms with van der Waals surface area (Å²) in [6, 6.07) is 4.41. The molecule has 8 heteroatoms. The van der Waals surface area contributed by atoms with Gasteiger partial charge in [0.15, 0.2) is 0 Å². The number of hydrogen-bond acceptors (Lipinski definition) is 5. The highest BCUT2D eigenvalue weighted by molar-refractivity contribution is 6.19. The third-order valence-corrected chi connectivity index (χ3v) is 4.24. The SMILES string of the molecule is NC(=O)C1(N2Cc3ccc([C]=O)cc3C2=O)CCC(=O)NC1=O. The van der Waals surface area contributed by atoms with Gasteiger partial charge in [0.25, 0.3) is 17.7 Å². The van der Waals surface area contributed by atoms with Crippen LogP contribution in [0.25, 0.3) is 0 Å². The molecule has 2 heterocycles. The molecule has 1 unspecified atom stereocenters. The number of imide groups is 1. The first-order valence-electron chi connectivity index (χ1n) is 6.87. The Morgan fingerprint density at radius 1 is 1.30 bits per heavy atom. The number of fused-ring (bicyclic) bond motifs is 1. The van der Waals surface area contributed by atoms with Crippen molar-refractivity contribution in [3.63, 3.8) is 0 Å². The highest BCUT2D eigenvalue weighted by Gasteiger charge is 2.56. The van der Waals surface area contributed by atoms with Crippen LogP contribution in [0.15, 0.2) is 18.2 Å². The Bertz CT molecular complexity index is 772. The summed E-state index contributed by atoms with van der Waals surface area (Å²) in [7, 11) is 0. The van der Waals surface area contributed by atoms with Crippen LogP contribution in [0.1, 0.15) is 34.3 Å². The number of hydrogen-bond donors (Lipinski definition) is 2. The third kappa shape index (κ3) is 2.02. The van der Waals surface area contributed by atoms with Gasteiger partial charge in [-0.1, -0.05) is 12.1 Å². The average molecular weight is 314 g/mol. The molecule has 1 saturated heterocycles. The summed E-state index contributed by atoms with van der Waals surface area (Å²) < 4.78 is 0. The van der Waals surface area contributed by atoms with Crippen LogP contribution in [0, 0.1) is 0 Å². The number of primary amides is 1. The minimum atomic E-state index is -1.91. The van der Waals surface area contributed by atoms with E-state index in [9.17, 15) is 24.0 Å². The Balaban J connectivity index is 2.05. The zero-order valence-corrected chi connectivity index (χ0v) is 11.9. The van der Waals surface area contributed by atoms with E-state index in [0.29, 0.717) is 5.56 Å². The number of nitrogens with two attached hydrogens (primary N) is 1. The van der Waals surface area contributed by atoms with E-state index >= 15 is 0 Å². The molecule has 4 amide bonds. The summed E-state index contributed by atoms with van der Waals surface area (Å²) in [6.45, 7) is -0.00213. The van der Waals surface area contributed by atoms with Gasteiger partial charge in [-0.25, -0.2) is 0 Å². The predicted octanol–water partition coefficient (Wildman–Crippen LogP) is -1.24. The highest BCUT2D eigenvalue weighted by Crippen LogP contribution is 2.34. The Labute approximate surface area is 130 Å². The molecule has 23 heavy (non-hydrogen) atoms. The molecule has 3 N–H and O–H groups in total. The lowest BCUT2D eigenvalue weighted by Gasteiger charge is -2.39. The van der Waals surface area contributed by atoms with Gasteiger partial charge in [0.05, 0.1) is 0 Å². The van der Waals surface area contributed by atoms with E-state index in [1.165, 1.54) is 12.1 Å². The van der Waals surface area contributed by atoms with Crippen molar-refractivity contribution in [3.05, 3.63) is 34.9 Å². The molecular formula is C15H12N3O5. The second-order valence-corrected chi connectivity index (χ2v) is 5.47. The molecule has 1 atom stereocenters. The van der Waals surface area contributed by atoms with Gasteiger partial charge in [0, 0.05) is 24.1 Å². The first-order chi connectivity index (χ1) is 10.9. The number of nitrogens with zero attached hydrogens (tertiary/aromatic N) is 1. The predicted molar refractivity (Wildman–Crippen MR) is 75.4 cm³/mol. The lowest BCUT2D eigenvalue weighted by molar-refractivity contribution is -0.149. The Morgan fingerprint density at radius 2 is 2.04 bits per heavy atom. The van der Waals surface area contributed by atoms with Gasteiger partial charge in [-0.15, -0.1) is 0 Å². The standard InChI is InChI=1S/C15H12N3O5/c16-13(22)15(4-3-11(20)17-14(15)23)18-6-9-2-1-8(7-19)5-10(9)12(18)21/h1-2,5H,3-4,6H2,(H2,16,22)(H,17,20,23). The summed E-state index contributed by atoms with van der Waals surface area (Å²) in [5.41, 5.74) is 4.47. The monoisotopic (exact) mass is 314 g/mol. The second kappa shape index (κ2) is 5.01. The summed E-state index contributed by atoms with van der Waals surface area (Å²) in [6.07, 6.45) is 1.42. The zero-order chi connectivity index (χ0) is 16.8. The fraction of sp³-hybridized carbons (Fsp3) is 0.267. The van der Waals surface area contributed by atoms with Crippen LogP contribution in [-0.2, 0) is 25.7 Å². The van der Waals surface area contributed by atoms with Crippen LogP contribution >= 0.6 is 0 Å². The van der Waals surface area contributed by atoms with E-state index in [4.69, 9.17) is 5.73 Å². The number of rotatable bonds is 3. The van der Waals surface area contributed by atoms with Gasteiger partial charge >= 0.3 is 0 Å². The molecule has 2 aliphatic rings. The summed E-state index contributed by atoms with van der Waals surface area (Å²) in [5.74, 6) is -3.00. The van der Waals surface area contributed by atoms with Gasteiger partial charge < -0.3 is 10.6 Å². The first kappa shape index (κ1) is 14.9. The molecule has 2 aliphatic heterocycles. The van der Waals surface area contributed by atoms with Crippen LogP contribution in [0.2, 0.25) is 0 Å². The largest absolute Gasteiger partial charge is 0.367 e. The number of nitrogens with one attached hydrogen (secondary N) is 1. The van der Waals surface area contributed by atoms with E-state index in [1.807, 2.05) is 0 Å². The maximum atomic E-state index is 12.6. The van der Waals surface area contributed by atoms with E-state index in [2.05, 4.69) is 5.32 Å². The normalized spacial score (nSPS) is 23.5. The maximum absolute atomic E-state index is 12.6. The molecule has 0 aromatic heterocycles. The topological polar surface area (TPSA) is 127 Å². The smallest absolute Gasteiger partial charge is 0.262 e. The van der Waals surface area contributed by atoms with Crippen LogP contribution in [0.5, 0.6) is 0 Å². The highest BCUT2D eigenvalue weighted by atomic mass is 16.2. The molecule has 117 valence electrons. The van der Waals surface area contributed by atoms with E-state index in [0.717, 1.165) is 4.90 Å². The van der Waals surface area contributed by atoms with Gasteiger partial charge in [0.2, 0.25) is 17.7 Å². The van der Waals surface area contributed by atoms with Crippen LogP contribution in [0.3, 0.4) is 0 Å². The van der Waals surface area contributed by atoms with Gasteiger partial charge in [-0.05, 0) is 18.1 Å². The van der Waals surface area contributed by atoms with E-state index < -0.39 is 29.2 Å². The van der Waals surface area contributed by atoms with Crippen molar-refractivity contribution < 1.29 is 24.0 Å². The Hall–Kier alpha value is -3.03. The molecule has 1 aromatic carbocycles. The molecule has 1 aromatic rings. The molecule has 0 saturated carbocycles. The molecule has 0 bridgehead atoms. The Kier molecular flexibility index (Phi) is 3.24. The van der Waals surface area contributed by atoms with Crippen molar-refractivity contribution in [2.75, 3.05) is 0 Å². The Morgan fingerprint density at radius 3 is 2.65 bits per heavy atom.